The molecule has 0 aliphatic carbocycles. The average Bonchev–Trinajstić information content (AvgIpc) is 2.33. The second-order valence-electron chi connectivity index (χ2n) is 3.99. The van der Waals surface area contributed by atoms with Crippen molar-refractivity contribution < 1.29 is 0 Å². The lowest BCUT2D eigenvalue weighted by Gasteiger charge is -2.18. The molecule has 12 heavy (non-hydrogen) atoms. The molecule has 2 unspecified atom stereocenters. The Labute approximate surface area is 76.1 Å². The van der Waals surface area contributed by atoms with E-state index in [1.54, 1.807) is 0 Å². The molecule has 1 aliphatic heterocycles. The SMILES string of the molecule is CNC(C)CC1CCCCNC1. The van der Waals surface area contributed by atoms with Gasteiger partial charge in [0.1, 0.15) is 0 Å². The van der Waals surface area contributed by atoms with Gasteiger partial charge in [-0.1, -0.05) is 6.42 Å². The Hall–Kier alpha value is -0.0800. The predicted octanol–water partition coefficient (Wildman–Crippen LogP) is 1.37. The van der Waals surface area contributed by atoms with Gasteiger partial charge in [0.2, 0.25) is 0 Å². The van der Waals surface area contributed by atoms with Crippen molar-refractivity contribution in [2.24, 2.45) is 5.92 Å². The molecule has 0 aromatic rings. The van der Waals surface area contributed by atoms with E-state index in [1.165, 1.54) is 38.8 Å². The van der Waals surface area contributed by atoms with Gasteiger partial charge in [-0.15, -0.1) is 0 Å². The minimum absolute atomic E-state index is 0.676. The highest BCUT2D eigenvalue weighted by Gasteiger charge is 2.13. The number of rotatable bonds is 3. The highest BCUT2D eigenvalue weighted by molar-refractivity contribution is 4.71. The van der Waals surface area contributed by atoms with Crippen LogP contribution in [0.15, 0.2) is 0 Å². The zero-order valence-corrected chi connectivity index (χ0v) is 8.40. The summed E-state index contributed by atoms with van der Waals surface area (Å²) in [6.07, 6.45) is 5.51. The minimum Gasteiger partial charge on any atom is -0.317 e. The minimum atomic E-state index is 0.676. The average molecular weight is 170 g/mol. The molecule has 2 nitrogen and oxygen atoms in total. The van der Waals surface area contributed by atoms with Gasteiger partial charge in [0.05, 0.1) is 0 Å². The molecule has 0 radical (unpaired) electrons. The lowest BCUT2D eigenvalue weighted by molar-refractivity contribution is 0.390. The van der Waals surface area contributed by atoms with Crippen LogP contribution in [0.25, 0.3) is 0 Å². The van der Waals surface area contributed by atoms with E-state index in [4.69, 9.17) is 0 Å². The van der Waals surface area contributed by atoms with Crippen LogP contribution in [-0.2, 0) is 0 Å². The zero-order valence-electron chi connectivity index (χ0n) is 8.40. The van der Waals surface area contributed by atoms with E-state index in [0.717, 1.165) is 5.92 Å². The molecule has 0 aromatic carbocycles. The van der Waals surface area contributed by atoms with Crippen LogP contribution in [-0.4, -0.2) is 26.2 Å². The topological polar surface area (TPSA) is 24.1 Å². The summed E-state index contributed by atoms with van der Waals surface area (Å²) in [6, 6.07) is 0.676. The van der Waals surface area contributed by atoms with Crippen LogP contribution in [0.3, 0.4) is 0 Å². The second-order valence-corrected chi connectivity index (χ2v) is 3.99. The van der Waals surface area contributed by atoms with Gasteiger partial charge in [-0.05, 0) is 52.2 Å². The van der Waals surface area contributed by atoms with Gasteiger partial charge in [-0.2, -0.15) is 0 Å². The van der Waals surface area contributed by atoms with Crippen LogP contribution in [0.4, 0.5) is 0 Å². The van der Waals surface area contributed by atoms with E-state index in [-0.39, 0.29) is 0 Å². The Bertz CT molecular complexity index is 106. The largest absolute Gasteiger partial charge is 0.317 e. The van der Waals surface area contributed by atoms with Gasteiger partial charge in [0.15, 0.2) is 0 Å². The van der Waals surface area contributed by atoms with Gasteiger partial charge in [-0.3, -0.25) is 0 Å². The van der Waals surface area contributed by atoms with E-state index in [0.29, 0.717) is 6.04 Å². The van der Waals surface area contributed by atoms with Crippen molar-refractivity contribution in [2.45, 2.75) is 38.6 Å². The molecular formula is C10H22N2. The molecule has 0 bridgehead atoms. The Morgan fingerprint density at radius 2 is 2.33 bits per heavy atom. The summed E-state index contributed by atoms with van der Waals surface area (Å²) >= 11 is 0. The summed E-state index contributed by atoms with van der Waals surface area (Å²) in [5.74, 6) is 0.898. The molecule has 0 aromatic heterocycles. The summed E-state index contributed by atoms with van der Waals surface area (Å²) in [5, 5.41) is 6.80. The second kappa shape index (κ2) is 5.55. The third kappa shape index (κ3) is 3.55. The first-order valence-corrected chi connectivity index (χ1v) is 5.21. The maximum atomic E-state index is 3.50. The van der Waals surface area contributed by atoms with Crippen LogP contribution in [0, 0.1) is 5.92 Å². The number of nitrogens with one attached hydrogen (secondary N) is 2. The van der Waals surface area contributed by atoms with Gasteiger partial charge in [0.25, 0.3) is 0 Å². The summed E-state index contributed by atoms with van der Waals surface area (Å²) < 4.78 is 0. The first kappa shape index (κ1) is 10.0. The molecule has 0 saturated carbocycles. The Morgan fingerprint density at radius 1 is 1.50 bits per heavy atom. The Balaban J connectivity index is 2.20. The molecule has 2 heteroatoms. The third-order valence-corrected chi connectivity index (χ3v) is 2.83. The van der Waals surface area contributed by atoms with E-state index >= 15 is 0 Å². The van der Waals surface area contributed by atoms with E-state index in [9.17, 15) is 0 Å². The maximum absolute atomic E-state index is 3.50. The molecule has 0 amide bonds. The normalized spacial score (nSPS) is 28.0. The van der Waals surface area contributed by atoms with Gasteiger partial charge < -0.3 is 10.6 Å². The molecule has 1 aliphatic rings. The van der Waals surface area contributed by atoms with E-state index < -0.39 is 0 Å². The summed E-state index contributed by atoms with van der Waals surface area (Å²) in [6.45, 7) is 4.72. The van der Waals surface area contributed by atoms with Crippen molar-refractivity contribution in [1.29, 1.82) is 0 Å². The van der Waals surface area contributed by atoms with Crippen molar-refractivity contribution in [3.05, 3.63) is 0 Å². The van der Waals surface area contributed by atoms with Crippen LogP contribution in [0.5, 0.6) is 0 Å². The fraction of sp³-hybridized carbons (Fsp3) is 1.00. The van der Waals surface area contributed by atoms with E-state index in [1.807, 2.05) is 0 Å². The molecule has 1 heterocycles. The fourth-order valence-corrected chi connectivity index (χ4v) is 1.91. The molecule has 1 rings (SSSR count). The summed E-state index contributed by atoms with van der Waals surface area (Å²) in [4.78, 5) is 0. The Kier molecular flexibility index (Phi) is 4.62. The highest BCUT2D eigenvalue weighted by atomic mass is 14.9. The third-order valence-electron chi connectivity index (χ3n) is 2.83. The van der Waals surface area contributed by atoms with Gasteiger partial charge in [0, 0.05) is 6.04 Å². The van der Waals surface area contributed by atoms with E-state index in [2.05, 4.69) is 24.6 Å². The predicted molar refractivity (Wildman–Crippen MR) is 53.3 cm³/mol. The monoisotopic (exact) mass is 170 g/mol. The van der Waals surface area contributed by atoms with Crippen molar-refractivity contribution in [2.75, 3.05) is 20.1 Å². The summed E-state index contributed by atoms with van der Waals surface area (Å²) in [7, 11) is 2.05. The van der Waals surface area contributed by atoms with Gasteiger partial charge in [-0.25, -0.2) is 0 Å². The Morgan fingerprint density at radius 3 is 3.08 bits per heavy atom. The number of hydrogen-bond acceptors (Lipinski definition) is 2. The van der Waals surface area contributed by atoms with Crippen molar-refractivity contribution >= 4 is 0 Å². The van der Waals surface area contributed by atoms with Crippen LogP contribution in [0.1, 0.15) is 32.6 Å². The lowest BCUT2D eigenvalue weighted by Crippen LogP contribution is -2.28. The smallest absolute Gasteiger partial charge is 0.00388 e. The fourth-order valence-electron chi connectivity index (χ4n) is 1.91. The van der Waals surface area contributed by atoms with Crippen molar-refractivity contribution in [3.8, 4) is 0 Å². The molecule has 1 saturated heterocycles. The maximum Gasteiger partial charge on any atom is 0.00388 e. The molecule has 72 valence electrons. The molecular weight excluding hydrogens is 148 g/mol. The molecule has 2 N–H and O–H groups in total. The standard InChI is InChI=1S/C10H22N2/c1-9(11-2)7-10-5-3-4-6-12-8-10/h9-12H,3-8H2,1-2H3. The van der Waals surface area contributed by atoms with Crippen LogP contribution in [0.2, 0.25) is 0 Å². The molecule has 0 spiro atoms. The highest BCUT2D eigenvalue weighted by Crippen LogP contribution is 2.16. The van der Waals surface area contributed by atoms with Crippen molar-refractivity contribution in [3.63, 3.8) is 0 Å². The summed E-state index contributed by atoms with van der Waals surface area (Å²) in [5.41, 5.74) is 0. The lowest BCUT2D eigenvalue weighted by atomic mass is 9.96. The van der Waals surface area contributed by atoms with Crippen molar-refractivity contribution in [1.82, 2.24) is 10.6 Å². The van der Waals surface area contributed by atoms with Gasteiger partial charge >= 0.3 is 0 Å². The van der Waals surface area contributed by atoms with Crippen LogP contribution < -0.4 is 10.6 Å². The quantitative estimate of drug-likeness (QED) is 0.668. The molecule has 1 fully saturated rings. The number of hydrogen-bond donors (Lipinski definition) is 2. The molecule has 2 atom stereocenters. The first-order chi connectivity index (χ1) is 5.83. The zero-order chi connectivity index (χ0) is 8.81. The first-order valence-electron chi connectivity index (χ1n) is 5.21. The van der Waals surface area contributed by atoms with Crippen LogP contribution >= 0.6 is 0 Å².